The molecule has 18 heavy (non-hydrogen) atoms. The lowest BCUT2D eigenvalue weighted by Crippen LogP contribution is -2.52. The number of thiophene rings is 1. The first-order chi connectivity index (χ1) is 8.34. The minimum atomic E-state index is -1.23. The van der Waals surface area contributed by atoms with Gasteiger partial charge in [-0.1, -0.05) is 0 Å². The fraction of sp³-hybridized carbons (Fsp3) is 0.500. The van der Waals surface area contributed by atoms with Crippen molar-refractivity contribution in [3.63, 3.8) is 0 Å². The number of hydrogen-bond donors (Lipinski definition) is 1. The minimum absolute atomic E-state index is 0.293. The number of carbonyl (C=O) groups excluding carboxylic acids is 1. The molecule has 1 aromatic rings. The quantitative estimate of drug-likeness (QED) is 0.890. The molecule has 1 aromatic heterocycles. The van der Waals surface area contributed by atoms with Gasteiger partial charge < -0.3 is 14.7 Å². The zero-order chi connectivity index (χ0) is 13.9. The number of methoxy groups -OCH3 is 1. The Hall–Kier alpha value is -1.56. The molecule has 0 aliphatic carbocycles. The number of amides is 1. The standard InChI is InChI=1S/C12H17NO4S/c1-5-13(12(2,3)11(15)16)10(14)9-6-8(17-4)7-18-9/h6-7H,5H2,1-4H3,(H,15,16). The second-order valence-corrected chi connectivity index (χ2v) is 5.18. The highest BCUT2D eigenvalue weighted by Gasteiger charge is 2.37. The van der Waals surface area contributed by atoms with Gasteiger partial charge in [0, 0.05) is 18.0 Å². The van der Waals surface area contributed by atoms with E-state index < -0.39 is 11.5 Å². The number of carboxylic acid groups (broad SMARTS) is 1. The fourth-order valence-electron chi connectivity index (χ4n) is 1.58. The summed E-state index contributed by atoms with van der Waals surface area (Å²) < 4.78 is 5.01. The Kier molecular flexibility index (Phi) is 4.34. The van der Waals surface area contributed by atoms with E-state index in [0.29, 0.717) is 17.2 Å². The van der Waals surface area contributed by atoms with Gasteiger partial charge >= 0.3 is 5.97 Å². The summed E-state index contributed by atoms with van der Waals surface area (Å²) in [5.74, 6) is -0.716. The van der Waals surface area contributed by atoms with Gasteiger partial charge in [-0.15, -0.1) is 11.3 Å². The average Bonchev–Trinajstić information content (AvgIpc) is 2.77. The number of likely N-dealkylation sites (N-methyl/N-ethyl adjacent to an activating group) is 1. The molecule has 0 saturated heterocycles. The fourth-order valence-corrected chi connectivity index (χ4v) is 2.38. The lowest BCUT2D eigenvalue weighted by Gasteiger charge is -2.33. The van der Waals surface area contributed by atoms with Crippen LogP contribution >= 0.6 is 11.3 Å². The number of nitrogens with zero attached hydrogens (tertiary/aromatic N) is 1. The summed E-state index contributed by atoms with van der Waals surface area (Å²) >= 11 is 1.24. The molecule has 100 valence electrons. The SMILES string of the molecule is CCN(C(=O)c1cc(OC)cs1)C(C)(C)C(=O)O. The number of ether oxygens (including phenoxy) is 1. The highest BCUT2D eigenvalue weighted by molar-refractivity contribution is 7.12. The number of hydrogen-bond acceptors (Lipinski definition) is 4. The molecule has 0 aliphatic heterocycles. The number of rotatable bonds is 5. The smallest absolute Gasteiger partial charge is 0.329 e. The van der Waals surface area contributed by atoms with Crippen molar-refractivity contribution in [3.8, 4) is 5.75 Å². The van der Waals surface area contributed by atoms with E-state index in [1.807, 2.05) is 0 Å². The van der Waals surface area contributed by atoms with Crippen LogP contribution in [0.2, 0.25) is 0 Å². The molecule has 1 heterocycles. The van der Waals surface area contributed by atoms with Gasteiger partial charge in [-0.25, -0.2) is 4.79 Å². The van der Waals surface area contributed by atoms with Crippen molar-refractivity contribution in [1.82, 2.24) is 4.90 Å². The van der Waals surface area contributed by atoms with Crippen molar-refractivity contribution < 1.29 is 19.4 Å². The van der Waals surface area contributed by atoms with Gasteiger partial charge in [0.05, 0.1) is 12.0 Å². The Morgan fingerprint density at radius 3 is 2.50 bits per heavy atom. The first-order valence-corrected chi connectivity index (χ1v) is 6.40. The van der Waals surface area contributed by atoms with Crippen LogP contribution in [-0.4, -0.2) is 41.1 Å². The Labute approximate surface area is 110 Å². The molecule has 0 aliphatic rings. The number of aliphatic carboxylic acids is 1. The van der Waals surface area contributed by atoms with E-state index in [0.717, 1.165) is 0 Å². The molecular weight excluding hydrogens is 254 g/mol. The van der Waals surface area contributed by atoms with Crippen molar-refractivity contribution in [2.75, 3.05) is 13.7 Å². The van der Waals surface area contributed by atoms with Crippen LogP contribution in [0, 0.1) is 0 Å². The third-order valence-electron chi connectivity index (χ3n) is 2.78. The predicted molar refractivity (Wildman–Crippen MR) is 69.3 cm³/mol. The summed E-state index contributed by atoms with van der Waals surface area (Å²) in [4.78, 5) is 25.3. The maximum atomic E-state index is 12.3. The molecule has 1 N–H and O–H groups in total. The highest BCUT2D eigenvalue weighted by atomic mass is 32.1. The largest absolute Gasteiger partial charge is 0.496 e. The van der Waals surface area contributed by atoms with Gasteiger partial charge in [-0.2, -0.15) is 0 Å². The van der Waals surface area contributed by atoms with Crippen LogP contribution in [-0.2, 0) is 4.79 Å². The molecule has 0 saturated carbocycles. The van der Waals surface area contributed by atoms with Crippen LogP contribution < -0.4 is 4.74 Å². The van der Waals surface area contributed by atoms with Crippen LogP contribution in [0.15, 0.2) is 11.4 Å². The van der Waals surface area contributed by atoms with Gasteiger partial charge in [-0.05, 0) is 20.8 Å². The molecule has 0 bridgehead atoms. The molecule has 0 spiro atoms. The second kappa shape index (κ2) is 5.39. The maximum absolute atomic E-state index is 12.3. The Bertz CT molecular complexity index is 453. The van der Waals surface area contributed by atoms with Gasteiger partial charge in [-0.3, -0.25) is 4.79 Å². The van der Waals surface area contributed by atoms with Crippen molar-refractivity contribution in [1.29, 1.82) is 0 Å². The van der Waals surface area contributed by atoms with Crippen molar-refractivity contribution >= 4 is 23.2 Å². The molecular formula is C12H17NO4S. The Morgan fingerprint density at radius 1 is 1.50 bits per heavy atom. The first-order valence-electron chi connectivity index (χ1n) is 5.52. The number of carbonyl (C=O) groups is 2. The molecule has 0 radical (unpaired) electrons. The molecule has 0 fully saturated rings. The van der Waals surface area contributed by atoms with Gasteiger partial charge in [0.25, 0.3) is 5.91 Å². The van der Waals surface area contributed by atoms with Gasteiger partial charge in [0.15, 0.2) is 0 Å². The lowest BCUT2D eigenvalue weighted by atomic mass is 10.0. The molecule has 0 aromatic carbocycles. The topological polar surface area (TPSA) is 66.8 Å². The normalized spacial score (nSPS) is 11.1. The minimum Gasteiger partial charge on any atom is -0.496 e. The van der Waals surface area contributed by atoms with Crippen LogP contribution in [0.3, 0.4) is 0 Å². The third kappa shape index (κ3) is 2.64. The molecule has 1 amide bonds. The Morgan fingerprint density at radius 2 is 2.11 bits per heavy atom. The summed E-state index contributed by atoms with van der Waals surface area (Å²) in [6, 6.07) is 1.62. The monoisotopic (exact) mass is 271 g/mol. The van der Waals surface area contributed by atoms with Crippen LogP contribution in [0.5, 0.6) is 5.75 Å². The summed E-state index contributed by atoms with van der Waals surface area (Å²) in [6.07, 6.45) is 0. The maximum Gasteiger partial charge on any atom is 0.329 e. The summed E-state index contributed by atoms with van der Waals surface area (Å²) in [5, 5.41) is 10.9. The van der Waals surface area contributed by atoms with E-state index in [9.17, 15) is 14.7 Å². The summed E-state index contributed by atoms with van der Waals surface area (Å²) in [7, 11) is 1.52. The average molecular weight is 271 g/mol. The first kappa shape index (κ1) is 14.5. The molecule has 1 rings (SSSR count). The van der Waals surface area contributed by atoms with Crippen LogP contribution in [0.4, 0.5) is 0 Å². The van der Waals surface area contributed by atoms with E-state index in [2.05, 4.69) is 0 Å². The molecule has 6 heteroatoms. The molecule has 5 nitrogen and oxygen atoms in total. The molecule has 0 atom stereocenters. The van der Waals surface area contributed by atoms with Gasteiger partial charge in [0.2, 0.25) is 0 Å². The van der Waals surface area contributed by atoms with Crippen molar-refractivity contribution in [2.45, 2.75) is 26.3 Å². The Balaban J connectivity index is 3.02. The molecule has 0 unspecified atom stereocenters. The van der Waals surface area contributed by atoms with E-state index in [1.165, 1.54) is 37.2 Å². The van der Waals surface area contributed by atoms with E-state index in [1.54, 1.807) is 18.4 Å². The van der Waals surface area contributed by atoms with E-state index in [4.69, 9.17) is 4.74 Å². The predicted octanol–water partition coefficient (Wildman–Crippen LogP) is 2.08. The lowest BCUT2D eigenvalue weighted by molar-refractivity contribution is -0.147. The van der Waals surface area contributed by atoms with E-state index in [-0.39, 0.29) is 5.91 Å². The second-order valence-electron chi connectivity index (χ2n) is 4.26. The van der Waals surface area contributed by atoms with Crippen molar-refractivity contribution in [3.05, 3.63) is 16.3 Å². The summed E-state index contributed by atoms with van der Waals surface area (Å²) in [6.45, 7) is 5.12. The van der Waals surface area contributed by atoms with Crippen molar-refractivity contribution in [2.24, 2.45) is 0 Å². The zero-order valence-electron chi connectivity index (χ0n) is 10.9. The summed E-state index contributed by atoms with van der Waals surface area (Å²) in [5.41, 5.74) is -1.23. The third-order valence-corrected chi connectivity index (χ3v) is 3.68. The van der Waals surface area contributed by atoms with Gasteiger partial charge in [0.1, 0.15) is 11.3 Å². The number of carboxylic acids is 1. The zero-order valence-corrected chi connectivity index (χ0v) is 11.7. The van der Waals surface area contributed by atoms with Crippen LogP contribution in [0.1, 0.15) is 30.4 Å². The van der Waals surface area contributed by atoms with Crippen LogP contribution in [0.25, 0.3) is 0 Å². The van der Waals surface area contributed by atoms with E-state index >= 15 is 0 Å². The highest BCUT2D eigenvalue weighted by Crippen LogP contribution is 2.25.